The predicted octanol–water partition coefficient (Wildman–Crippen LogP) is 0.390. The minimum Gasteiger partial charge on any atom is -0.361 e. The minimum absolute atomic E-state index is 0.408. The molecule has 0 aliphatic rings. The first-order chi connectivity index (χ1) is 8.86. The quantitative estimate of drug-likeness (QED) is 0.605. The molecule has 0 fully saturated rings. The van der Waals surface area contributed by atoms with Gasteiger partial charge in [0.25, 0.3) is 0 Å². The monoisotopic (exact) mass is 246 g/mol. The van der Waals surface area contributed by atoms with Crippen LogP contribution in [-0.4, -0.2) is 37.1 Å². The van der Waals surface area contributed by atoms with Gasteiger partial charge < -0.3 is 20.1 Å². The van der Waals surface area contributed by atoms with E-state index in [4.69, 9.17) is 0 Å². The largest absolute Gasteiger partial charge is 0.361 e. The molecular weight excluding hydrogens is 236 g/mol. The van der Waals surface area contributed by atoms with Crippen LogP contribution in [0, 0.1) is 0 Å². The summed E-state index contributed by atoms with van der Waals surface area (Å²) in [5, 5.41) is 9.69. The number of hydrogen-bond acceptors (Lipinski definition) is 8. The second-order valence-corrected chi connectivity index (χ2v) is 3.45. The summed E-state index contributed by atoms with van der Waals surface area (Å²) >= 11 is 0. The third kappa shape index (κ3) is 1.81. The van der Waals surface area contributed by atoms with Crippen LogP contribution in [0.15, 0.2) is 17.2 Å². The Hall–Kier alpha value is -2.71. The highest BCUT2D eigenvalue weighted by atomic mass is 16.5. The van der Waals surface area contributed by atoms with Crippen molar-refractivity contribution in [2.24, 2.45) is 0 Å². The molecule has 0 aliphatic carbocycles. The van der Waals surface area contributed by atoms with Crippen molar-refractivity contribution in [1.29, 1.82) is 0 Å². The highest BCUT2D eigenvalue weighted by molar-refractivity contribution is 5.83. The van der Waals surface area contributed by atoms with Gasteiger partial charge in [-0.3, -0.25) is 0 Å². The minimum atomic E-state index is 0.408. The van der Waals surface area contributed by atoms with Crippen molar-refractivity contribution in [3.05, 3.63) is 18.5 Å². The molecule has 18 heavy (non-hydrogen) atoms. The highest BCUT2D eigenvalue weighted by Gasteiger charge is 2.09. The average molecular weight is 246 g/mol. The van der Waals surface area contributed by atoms with E-state index in [0.29, 0.717) is 29.8 Å². The summed E-state index contributed by atoms with van der Waals surface area (Å²) < 4.78 is 4.65. The first kappa shape index (κ1) is 10.4. The topological polar surface area (TPSA) is 117 Å². The van der Waals surface area contributed by atoms with Crippen molar-refractivity contribution >= 4 is 22.9 Å². The van der Waals surface area contributed by atoms with Crippen LogP contribution in [0.1, 0.15) is 5.82 Å². The molecule has 0 amide bonds. The van der Waals surface area contributed by atoms with Crippen LogP contribution in [0.2, 0.25) is 0 Å². The number of nitrogens with zero attached hydrogens (tertiary/aromatic N) is 5. The van der Waals surface area contributed by atoms with Crippen LogP contribution < -0.4 is 10.6 Å². The zero-order valence-electron chi connectivity index (χ0n) is 9.51. The van der Waals surface area contributed by atoms with E-state index in [1.165, 1.54) is 6.39 Å². The molecule has 9 heteroatoms. The number of hydrogen-bond donors (Lipinski definition) is 3. The molecule has 0 radical (unpaired) electrons. The van der Waals surface area contributed by atoms with Crippen LogP contribution in [0.25, 0.3) is 11.2 Å². The van der Waals surface area contributed by atoms with Crippen molar-refractivity contribution in [2.45, 2.75) is 6.54 Å². The molecule has 0 atom stereocenters. The number of aromatic amines is 1. The van der Waals surface area contributed by atoms with E-state index in [1.54, 1.807) is 13.4 Å². The van der Waals surface area contributed by atoms with E-state index >= 15 is 0 Å². The van der Waals surface area contributed by atoms with E-state index in [1.807, 2.05) is 0 Å². The molecule has 3 rings (SSSR count). The average Bonchev–Trinajstić information content (AvgIpc) is 3.06. The highest BCUT2D eigenvalue weighted by Crippen LogP contribution is 2.18. The number of fused-ring (bicyclic) bond motifs is 1. The van der Waals surface area contributed by atoms with E-state index in [0.717, 1.165) is 5.52 Å². The molecule has 3 aromatic rings. The Labute approximate surface area is 101 Å². The van der Waals surface area contributed by atoms with E-state index in [9.17, 15) is 0 Å². The van der Waals surface area contributed by atoms with Crippen molar-refractivity contribution in [2.75, 3.05) is 17.7 Å². The Kier molecular flexibility index (Phi) is 2.48. The Bertz CT molecular complexity index is 646. The maximum absolute atomic E-state index is 4.65. The summed E-state index contributed by atoms with van der Waals surface area (Å²) in [7, 11) is 1.75. The molecule has 3 aromatic heterocycles. The van der Waals surface area contributed by atoms with Crippen LogP contribution >= 0.6 is 0 Å². The predicted molar refractivity (Wildman–Crippen MR) is 62.9 cm³/mol. The second kappa shape index (κ2) is 4.28. The van der Waals surface area contributed by atoms with Crippen LogP contribution in [0.3, 0.4) is 0 Å². The molecule has 0 saturated carbocycles. The lowest BCUT2D eigenvalue weighted by atomic mass is 10.4. The lowest BCUT2D eigenvalue weighted by Gasteiger charge is -2.05. The van der Waals surface area contributed by atoms with Gasteiger partial charge in [-0.05, 0) is 0 Å². The molecule has 92 valence electrons. The van der Waals surface area contributed by atoms with Gasteiger partial charge in [0.15, 0.2) is 17.3 Å². The number of anilines is 2. The molecule has 0 bridgehead atoms. The molecule has 3 N–H and O–H groups in total. The fourth-order valence-electron chi connectivity index (χ4n) is 1.51. The molecular formula is C9H10N8O. The van der Waals surface area contributed by atoms with E-state index in [-0.39, 0.29) is 0 Å². The normalized spacial score (nSPS) is 10.7. The van der Waals surface area contributed by atoms with Gasteiger partial charge in [0, 0.05) is 7.05 Å². The molecule has 0 aromatic carbocycles. The van der Waals surface area contributed by atoms with Gasteiger partial charge in [-0.2, -0.15) is 15.0 Å². The standard InChI is InChI=1S/C9H10N8O/c1-10-9-15-7(6-8(16-9)13-3-12-6)11-2-5-14-4-18-17-5/h3-4H,2H2,1H3,(H3,10,11,12,13,15,16). The maximum atomic E-state index is 4.65. The Balaban J connectivity index is 1.92. The van der Waals surface area contributed by atoms with Crippen molar-refractivity contribution < 1.29 is 4.52 Å². The van der Waals surface area contributed by atoms with Gasteiger partial charge >= 0.3 is 0 Å². The first-order valence-corrected chi connectivity index (χ1v) is 5.25. The Morgan fingerprint density at radius 3 is 3.06 bits per heavy atom. The van der Waals surface area contributed by atoms with Gasteiger partial charge in [-0.1, -0.05) is 5.16 Å². The number of aromatic nitrogens is 6. The van der Waals surface area contributed by atoms with Crippen molar-refractivity contribution in [3.63, 3.8) is 0 Å². The van der Waals surface area contributed by atoms with Gasteiger partial charge in [-0.15, -0.1) is 0 Å². The lowest BCUT2D eigenvalue weighted by Crippen LogP contribution is -2.06. The fourth-order valence-corrected chi connectivity index (χ4v) is 1.51. The van der Waals surface area contributed by atoms with Crippen LogP contribution in [0.4, 0.5) is 11.8 Å². The molecule has 0 unspecified atom stereocenters. The van der Waals surface area contributed by atoms with Crippen LogP contribution in [-0.2, 0) is 6.54 Å². The summed E-state index contributed by atoms with van der Waals surface area (Å²) in [5.41, 5.74) is 1.32. The summed E-state index contributed by atoms with van der Waals surface area (Å²) in [6.45, 7) is 0.408. The fraction of sp³-hybridized carbons (Fsp3) is 0.222. The summed E-state index contributed by atoms with van der Waals surface area (Å²) in [6, 6.07) is 0. The lowest BCUT2D eigenvalue weighted by molar-refractivity contribution is 0.411. The zero-order valence-corrected chi connectivity index (χ0v) is 9.51. The first-order valence-electron chi connectivity index (χ1n) is 5.25. The van der Waals surface area contributed by atoms with Crippen LogP contribution in [0.5, 0.6) is 0 Å². The number of H-pyrrole nitrogens is 1. The SMILES string of the molecule is CNc1nc(NCc2ncon2)c2[nH]cnc2n1. The van der Waals surface area contributed by atoms with Gasteiger partial charge in [-0.25, -0.2) is 4.98 Å². The molecule has 3 heterocycles. The van der Waals surface area contributed by atoms with E-state index < -0.39 is 0 Å². The van der Waals surface area contributed by atoms with Crippen molar-refractivity contribution in [1.82, 2.24) is 30.1 Å². The summed E-state index contributed by atoms with van der Waals surface area (Å²) in [5.74, 6) is 1.67. The Morgan fingerprint density at radius 1 is 1.33 bits per heavy atom. The molecule has 0 aliphatic heterocycles. The second-order valence-electron chi connectivity index (χ2n) is 3.45. The van der Waals surface area contributed by atoms with E-state index in [2.05, 4.69) is 45.2 Å². The number of nitrogens with one attached hydrogen (secondary N) is 3. The third-order valence-corrected chi connectivity index (χ3v) is 2.33. The van der Waals surface area contributed by atoms with Crippen molar-refractivity contribution in [3.8, 4) is 0 Å². The number of rotatable bonds is 4. The van der Waals surface area contributed by atoms with Gasteiger partial charge in [0.2, 0.25) is 12.3 Å². The molecule has 9 nitrogen and oxygen atoms in total. The third-order valence-electron chi connectivity index (χ3n) is 2.33. The number of imidazole rings is 1. The summed E-state index contributed by atoms with van der Waals surface area (Å²) in [4.78, 5) is 19.5. The van der Waals surface area contributed by atoms with Gasteiger partial charge in [0.1, 0.15) is 5.52 Å². The zero-order chi connectivity index (χ0) is 12.4. The Morgan fingerprint density at radius 2 is 2.28 bits per heavy atom. The molecule has 0 saturated heterocycles. The molecule has 0 spiro atoms. The summed E-state index contributed by atoms with van der Waals surface area (Å²) in [6.07, 6.45) is 2.85. The smallest absolute Gasteiger partial charge is 0.226 e. The maximum Gasteiger partial charge on any atom is 0.226 e. The van der Waals surface area contributed by atoms with Gasteiger partial charge in [0.05, 0.1) is 12.9 Å².